The van der Waals surface area contributed by atoms with Crippen molar-refractivity contribution in [3.8, 4) is 0 Å². The molecule has 0 aliphatic heterocycles. The third kappa shape index (κ3) is 4.73. The van der Waals surface area contributed by atoms with Crippen LogP contribution in [0.3, 0.4) is 0 Å². The van der Waals surface area contributed by atoms with Crippen LogP contribution in [0.2, 0.25) is 0 Å². The summed E-state index contributed by atoms with van der Waals surface area (Å²) in [6.45, 7) is 1.75. The van der Waals surface area contributed by atoms with Crippen molar-refractivity contribution in [1.29, 1.82) is 0 Å². The second-order valence-electron chi connectivity index (χ2n) is 4.94. The van der Waals surface area contributed by atoms with E-state index in [2.05, 4.69) is 5.32 Å². The van der Waals surface area contributed by atoms with Gasteiger partial charge in [-0.1, -0.05) is 19.3 Å². The van der Waals surface area contributed by atoms with E-state index in [4.69, 9.17) is 0 Å². The summed E-state index contributed by atoms with van der Waals surface area (Å²) in [5.41, 5.74) is -0.747. The van der Waals surface area contributed by atoms with Crippen LogP contribution >= 0.6 is 0 Å². The Balaban J connectivity index is 2.29. The molecule has 5 heteroatoms. The first-order valence-electron chi connectivity index (χ1n) is 6.14. The van der Waals surface area contributed by atoms with E-state index in [-0.39, 0.29) is 24.9 Å². The van der Waals surface area contributed by atoms with Crippen molar-refractivity contribution in [2.75, 3.05) is 20.1 Å². The molecule has 0 saturated heterocycles. The van der Waals surface area contributed by atoms with Gasteiger partial charge in [0.1, 0.15) is 0 Å². The molecule has 0 heterocycles. The standard InChI is InChI=1S/C12H22N2O3/c1-10(15)14(2)8-11(16)13-9-12(17)6-4-3-5-7-12/h17H,3-9H2,1-2H3,(H,13,16). The van der Waals surface area contributed by atoms with Gasteiger partial charge in [0.15, 0.2) is 0 Å². The van der Waals surface area contributed by atoms with E-state index in [1.165, 1.54) is 11.8 Å². The minimum absolute atomic E-state index is 0.0470. The Bertz CT molecular complexity index is 285. The molecular weight excluding hydrogens is 220 g/mol. The predicted molar refractivity (Wildman–Crippen MR) is 64.4 cm³/mol. The molecule has 0 atom stereocenters. The number of hydrogen-bond acceptors (Lipinski definition) is 3. The van der Waals surface area contributed by atoms with Crippen LogP contribution in [0.4, 0.5) is 0 Å². The SMILES string of the molecule is CC(=O)N(C)CC(=O)NCC1(O)CCCCC1. The third-order valence-electron chi connectivity index (χ3n) is 3.32. The van der Waals surface area contributed by atoms with Crippen molar-refractivity contribution >= 4 is 11.8 Å². The molecule has 0 spiro atoms. The minimum atomic E-state index is -0.747. The lowest BCUT2D eigenvalue weighted by Crippen LogP contribution is -2.47. The molecule has 2 amide bonds. The van der Waals surface area contributed by atoms with E-state index in [9.17, 15) is 14.7 Å². The van der Waals surface area contributed by atoms with Gasteiger partial charge in [0, 0.05) is 20.5 Å². The Kier molecular flexibility index (Phi) is 4.93. The molecule has 2 N–H and O–H groups in total. The van der Waals surface area contributed by atoms with E-state index >= 15 is 0 Å². The molecule has 1 aliphatic carbocycles. The van der Waals surface area contributed by atoms with E-state index in [1.807, 2.05) is 0 Å². The van der Waals surface area contributed by atoms with Gasteiger partial charge in [-0.2, -0.15) is 0 Å². The zero-order valence-electron chi connectivity index (χ0n) is 10.7. The fourth-order valence-electron chi connectivity index (χ4n) is 2.03. The minimum Gasteiger partial charge on any atom is -0.388 e. The summed E-state index contributed by atoms with van der Waals surface area (Å²) >= 11 is 0. The lowest BCUT2D eigenvalue weighted by atomic mass is 9.85. The molecule has 0 radical (unpaired) electrons. The molecule has 1 fully saturated rings. The second kappa shape index (κ2) is 6.00. The van der Waals surface area contributed by atoms with Crippen LogP contribution in [0.5, 0.6) is 0 Å². The van der Waals surface area contributed by atoms with Crippen LogP contribution < -0.4 is 5.32 Å². The fraction of sp³-hybridized carbons (Fsp3) is 0.833. The second-order valence-corrected chi connectivity index (χ2v) is 4.94. The van der Waals surface area contributed by atoms with Gasteiger partial charge in [0.05, 0.1) is 12.1 Å². The maximum atomic E-state index is 11.5. The van der Waals surface area contributed by atoms with Gasteiger partial charge >= 0.3 is 0 Å². The Hall–Kier alpha value is -1.10. The first-order valence-corrected chi connectivity index (χ1v) is 6.14. The lowest BCUT2D eigenvalue weighted by Gasteiger charge is -2.32. The molecule has 0 aromatic carbocycles. The molecule has 0 aromatic rings. The average molecular weight is 242 g/mol. The van der Waals surface area contributed by atoms with Crippen LogP contribution in [0, 0.1) is 0 Å². The number of carbonyl (C=O) groups is 2. The van der Waals surface area contributed by atoms with Crippen molar-refractivity contribution < 1.29 is 14.7 Å². The van der Waals surface area contributed by atoms with Gasteiger partial charge in [0.25, 0.3) is 0 Å². The molecular formula is C12H22N2O3. The number of rotatable bonds is 4. The van der Waals surface area contributed by atoms with E-state index < -0.39 is 5.60 Å². The number of nitrogens with one attached hydrogen (secondary N) is 1. The normalized spacial score (nSPS) is 18.5. The number of hydrogen-bond donors (Lipinski definition) is 2. The largest absolute Gasteiger partial charge is 0.388 e. The van der Waals surface area contributed by atoms with Crippen LogP contribution in [0.25, 0.3) is 0 Å². The Morgan fingerprint density at radius 3 is 2.41 bits per heavy atom. The summed E-state index contributed by atoms with van der Waals surface area (Å²) < 4.78 is 0. The molecule has 0 bridgehead atoms. The van der Waals surface area contributed by atoms with E-state index in [0.29, 0.717) is 0 Å². The number of nitrogens with zero attached hydrogens (tertiary/aromatic N) is 1. The van der Waals surface area contributed by atoms with Crippen molar-refractivity contribution in [2.24, 2.45) is 0 Å². The fourth-order valence-corrected chi connectivity index (χ4v) is 2.03. The number of amides is 2. The zero-order chi connectivity index (χ0) is 12.9. The lowest BCUT2D eigenvalue weighted by molar-refractivity contribution is -0.133. The third-order valence-corrected chi connectivity index (χ3v) is 3.32. The zero-order valence-corrected chi connectivity index (χ0v) is 10.7. The summed E-state index contributed by atoms with van der Waals surface area (Å²) in [7, 11) is 1.58. The molecule has 1 saturated carbocycles. The first kappa shape index (κ1) is 14.0. The monoisotopic (exact) mass is 242 g/mol. The summed E-state index contributed by atoms with van der Waals surface area (Å²) in [6, 6.07) is 0. The molecule has 1 aliphatic rings. The topological polar surface area (TPSA) is 69.6 Å². The van der Waals surface area contributed by atoms with Crippen LogP contribution in [-0.2, 0) is 9.59 Å². The summed E-state index contributed by atoms with van der Waals surface area (Å²) in [5.74, 6) is -0.363. The number of aliphatic hydroxyl groups is 1. The predicted octanol–water partition coefficient (Wildman–Crippen LogP) is 0.276. The van der Waals surface area contributed by atoms with Crippen molar-refractivity contribution in [1.82, 2.24) is 10.2 Å². The van der Waals surface area contributed by atoms with Gasteiger partial charge in [-0.25, -0.2) is 0 Å². The Morgan fingerprint density at radius 2 is 1.88 bits per heavy atom. The molecule has 98 valence electrons. The first-order chi connectivity index (χ1) is 7.93. The maximum Gasteiger partial charge on any atom is 0.239 e. The van der Waals surface area contributed by atoms with Crippen LogP contribution in [-0.4, -0.2) is 47.6 Å². The smallest absolute Gasteiger partial charge is 0.239 e. The van der Waals surface area contributed by atoms with Gasteiger partial charge < -0.3 is 15.3 Å². The maximum absolute atomic E-state index is 11.5. The van der Waals surface area contributed by atoms with Crippen LogP contribution in [0.15, 0.2) is 0 Å². The molecule has 1 rings (SSSR count). The highest BCUT2D eigenvalue weighted by atomic mass is 16.3. The summed E-state index contributed by atoms with van der Waals surface area (Å²) in [6.07, 6.45) is 4.68. The van der Waals surface area contributed by atoms with Gasteiger partial charge in [-0.15, -0.1) is 0 Å². The van der Waals surface area contributed by atoms with Crippen molar-refractivity contribution in [2.45, 2.75) is 44.6 Å². The number of likely N-dealkylation sites (N-methyl/N-ethyl adjacent to an activating group) is 1. The quantitative estimate of drug-likeness (QED) is 0.743. The summed E-state index contributed by atoms with van der Waals surface area (Å²) in [4.78, 5) is 23.8. The van der Waals surface area contributed by atoms with Crippen LogP contribution in [0.1, 0.15) is 39.0 Å². The van der Waals surface area contributed by atoms with Gasteiger partial charge in [-0.05, 0) is 12.8 Å². The van der Waals surface area contributed by atoms with Gasteiger partial charge in [-0.3, -0.25) is 9.59 Å². The van der Waals surface area contributed by atoms with E-state index in [1.54, 1.807) is 7.05 Å². The highest BCUT2D eigenvalue weighted by molar-refractivity contribution is 5.83. The molecule has 0 aromatic heterocycles. The average Bonchev–Trinajstić information content (AvgIpc) is 2.27. The highest BCUT2D eigenvalue weighted by Crippen LogP contribution is 2.27. The Labute approximate surface area is 102 Å². The summed E-state index contributed by atoms with van der Waals surface area (Å²) in [5, 5.41) is 12.9. The van der Waals surface area contributed by atoms with Crippen molar-refractivity contribution in [3.63, 3.8) is 0 Å². The molecule has 5 nitrogen and oxygen atoms in total. The number of carbonyl (C=O) groups excluding carboxylic acids is 2. The highest BCUT2D eigenvalue weighted by Gasteiger charge is 2.29. The molecule has 0 unspecified atom stereocenters. The van der Waals surface area contributed by atoms with Crippen molar-refractivity contribution in [3.05, 3.63) is 0 Å². The van der Waals surface area contributed by atoms with Gasteiger partial charge in [0.2, 0.25) is 11.8 Å². The van der Waals surface area contributed by atoms with E-state index in [0.717, 1.165) is 32.1 Å². The molecule has 17 heavy (non-hydrogen) atoms. The Morgan fingerprint density at radius 1 is 1.29 bits per heavy atom.